The van der Waals surface area contributed by atoms with Gasteiger partial charge in [0.15, 0.2) is 0 Å². The molecule has 8 nitrogen and oxygen atoms in total. The lowest BCUT2D eigenvalue weighted by Crippen LogP contribution is -2.60. The number of benzene rings is 1. The van der Waals surface area contributed by atoms with Crippen molar-refractivity contribution in [3.63, 3.8) is 0 Å². The van der Waals surface area contributed by atoms with Crippen molar-refractivity contribution >= 4 is 11.0 Å². The van der Waals surface area contributed by atoms with Crippen LogP contribution in [0.4, 0.5) is 0 Å². The van der Waals surface area contributed by atoms with Gasteiger partial charge in [-0.15, -0.1) is 0 Å². The monoisotopic (exact) mass is 366 g/mol. The van der Waals surface area contributed by atoms with Gasteiger partial charge in [-0.3, -0.25) is 0 Å². The second-order valence-corrected chi connectivity index (χ2v) is 6.32. The molecular weight excluding hydrogens is 344 g/mol. The van der Waals surface area contributed by atoms with Gasteiger partial charge >= 0.3 is 5.63 Å². The summed E-state index contributed by atoms with van der Waals surface area (Å²) in [4.78, 5) is 11.8. The van der Waals surface area contributed by atoms with E-state index in [2.05, 4.69) is 0 Å². The molecule has 1 aromatic heterocycles. The highest BCUT2D eigenvalue weighted by atomic mass is 16.7. The van der Waals surface area contributed by atoms with Crippen LogP contribution in [0.2, 0.25) is 0 Å². The van der Waals surface area contributed by atoms with Crippen LogP contribution in [0.5, 0.6) is 5.75 Å². The first kappa shape index (κ1) is 18.8. The predicted molar refractivity (Wildman–Crippen MR) is 91.0 cm³/mol. The molecule has 0 aliphatic carbocycles. The van der Waals surface area contributed by atoms with Gasteiger partial charge < -0.3 is 34.3 Å². The van der Waals surface area contributed by atoms with E-state index in [1.807, 2.05) is 6.92 Å². The third-order valence-corrected chi connectivity index (χ3v) is 4.67. The Bertz CT molecular complexity index is 843. The smallest absolute Gasteiger partial charge is 0.336 e. The van der Waals surface area contributed by atoms with E-state index in [0.29, 0.717) is 23.3 Å². The van der Waals surface area contributed by atoms with Crippen molar-refractivity contribution in [3.8, 4) is 5.75 Å². The summed E-state index contributed by atoms with van der Waals surface area (Å²) in [5, 5.41) is 39.8. The average molecular weight is 366 g/mol. The van der Waals surface area contributed by atoms with Crippen LogP contribution < -0.4 is 10.4 Å². The number of fused-ring (bicyclic) bond motifs is 1. The summed E-state index contributed by atoms with van der Waals surface area (Å²) < 4.78 is 16.3. The van der Waals surface area contributed by atoms with Gasteiger partial charge in [-0.1, -0.05) is 6.92 Å². The SMILES string of the molecule is CCc1cc(=O)oc2c(C)c(OC3OC(CO)C(O)C(O)C3O)ccc12. The topological polar surface area (TPSA) is 130 Å². The van der Waals surface area contributed by atoms with Crippen LogP contribution in [0.15, 0.2) is 27.4 Å². The fourth-order valence-electron chi connectivity index (χ4n) is 3.12. The Balaban J connectivity index is 1.96. The van der Waals surface area contributed by atoms with Crippen molar-refractivity contribution in [1.29, 1.82) is 0 Å². The minimum Gasteiger partial charge on any atom is -0.462 e. The fourth-order valence-corrected chi connectivity index (χ4v) is 3.12. The molecule has 0 amide bonds. The zero-order chi connectivity index (χ0) is 19.0. The first-order valence-corrected chi connectivity index (χ1v) is 8.40. The van der Waals surface area contributed by atoms with Crippen molar-refractivity contribution < 1.29 is 34.3 Å². The molecule has 1 aromatic carbocycles. The maximum atomic E-state index is 11.8. The second kappa shape index (κ2) is 7.34. The second-order valence-electron chi connectivity index (χ2n) is 6.32. The fraction of sp³-hybridized carbons (Fsp3) is 0.500. The molecule has 0 bridgehead atoms. The lowest BCUT2D eigenvalue weighted by Gasteiger charge is -2.39. The Morgan fingerprint density at radius 1 is 1.15 bits per heavy atom. The summed E-state index contributed by atoms with van der Waals surface area (Å²) in [6.07, 6.45) is -6.22. The van der Waals surface area contributed by atoms with Gasteiger partial charge in [0.25, 0.3) is 0 Å². The normalized spacial score (nSPS) is 29.1. The molecule has 2 aromatic rings. The van der Waals surface area contributed by atoms with Crippen molar-refractivity contribution in [2.75, 3.05) is 6.61 Å². The third-order valence-electron chi connectivity index (χ3n) is 4.67. The van der Waals surface area contributed by atoms with Gasteiger partial charge in [0.2, 0.25) is 6.29 Å². The highest BCUT2D eigenvalue weighted by Crippen LogP contribution is 2.31. The molecule has 0 radical (unpaired) electrons. The van der Waals surface area contributed by atoms with E-state index in [1.165, 1.54) is 6.07 Å². The summed E-state index contributed by atoms with van der Waals surface area (Å²) in [5.41, 5.74) is 1.28. The van der Waals surface area contributed by atoms with E-state index >= 15 is 0 Å². The molecule has 142 valence electrons. The lowest BCUT2D eigenvalue weighted by atomic mass is 9.99. The van der Waals surface area contributed by atoms with Crippen LogP contribution in [0.25, 0.3) is 11.0 Å². The average Bonchev–Trinajstić information content (AvgIpc) is 2.63. The van der Waals surface area contributed by atoms with Crippen molar-refractivity contribution in [1.82, 2.24) is 0 Å². The van der Waals surface area contributed by atoms with Gasteiger partial charge in [-0.05, 0) is 31.0 Å². The number of hydrogen-bond acceptors (Lipinski definition) is 8. The third kappa shape index (κ3) is 3.22. The van der Waals surface area contributed by atoms with Gasteiger partial charge in [0.1, 0.15) is 35.7 Å². The summed E-state index contributed by atoms with van der Waals surface area (Å²) in [6, 6.07) is 4.83. The molecule has 1 fully saturated rings. The zero-order valence-corrected chi connectivity index (χ0v) is 14.5. The van der Waals surface area contributed by atoms with Crippen LogP contribution in [-0.2, 0) is 11.2 Å². The first-order valence-electron chi connectivity index (χ1n) is 8.40. The standard InChI is InChI=1S/C18H22O8/c1-3-9-6-13(20)26-17-8(2)11(5-4-10(9)17)24-18-16(23)15(22)14(21)12(7-19)25-18/h4-6,12,14-16,18-19,21-23H,3,7H2,1-2H3. The molecule has 3 rings (SSSR count). The Hall–Kier alpha value is -1.97. The number of aliphatic hydroxyl groups is 4. The number of hydrogen-bond donors (Lipinski definition) is 4. The minimum atomic E-state index is -1.53. The molecule has 1 aliphatic rings. The van der Waals surface area contributed by atoms with Crippen LogP contribution in [0.3, 0.4) is 0 Å². The molecule has 2 heterocycles. The van der Waals surface area contributed by atoms with Gasteiger partial charge in [0, 0.05) is 17.0 Å². The highest BCUT2D eigenvalue weighted by Gasteiger charge is 2.44. The summed E-state index contributed by atoms with van der Waals surface area (Å²) in [5.74, 6) is 0.290. The van der Waals surface area contributed by atoms with E-state index in [9.17, 15) is 25.2 Å². The first-order chi connectivity index (χ1) is 12.4. The highest BCUT2D eigenvalue weighted by molar-refractivity contribution is 5.84. The maximum absolute atomic E-state index is 11.8. The van der Waals surface area contributed by atoms with Crippen molar-refractivity contribution in [2.45, 2.75) is 51.0 Å². The number of aryl methyl sites for hydroxylation is 2. The van der Waals surface area contributed by atoms with Crippen LogP contribution in [0.1, 0.15) is 18.1 Å². The Kier molecular flexibility index (Phi) is 5.31. The number of aliphatic hydroxyl groups excluding tert-OH is 4. The Labute approximate surface area is 149 Å². The molecule has 1 saturated heterocycles. The zero-order valence-electron chi connectivity index (χ0n) is 14.5. The van der Waals surface area contributed by atoms with E-state index in [-0.39, 0.29) is 0 Å². The molecular formula is C18H22O8. The van der Waals surface area contributed by atoms with E-state index in [0.717, 1.165) is 10.9 Å². The predicted octanol–water partition coefficient (Wildman–Crippen LogP) is -0.157. The van der Waals surface area contributed by atoms with Gasteiger partial charge in [-0.2, -0.15) is 0 Å². The Morgan fingerprint density at radius 3 is 2.54 bits per heavy atom. The van der Waals surface area contributed by atoms with Crippen LogP contribution in [0, 0.1) is 6.92 Å². The largest absolute Gasteiger partial charge is 0.462 e. The molecule has 5 unspecified atom stereocenters. The molecule has 5 atom stereocenters. The Morgan fingerprint density at radius 2 is 1.88 bits per heavy atom. The van der Waals surface area contributed by atoms with E-state index in [4.69, 9.17) is 13.9 Å². The summed E-state index contributed by atoms with van der Waals surface area (Å²) >= 11 is 0. The maximum Gasteiger partial charge on any atom is 0.336 e. The van der Waals surface area contributed by atoms with Crippen LogP contribution >= 0.6 is 0 Å². The minimum absolute atomic E-state index is 0.290. The summed E-state index contributed by atoms with van der Waals surface area (Å²) in [6.45, 7) is 3.09. The van der Waals surface area contributed by atoms with E-state index in [1.54, 1.807) is 19.1 Å². The van der Waals surface area contributed by atoms with Crippen molar-refractivity contribution in [2.24, 2.45) is 0 Å². The molecule has 26 heavy (non-hydrogen) atoms. The van der Waals surface area contributed by atoms with Crippen LogP contribution in [-0.4, -0.2) is 57.7 Å². The number of ether oxygens (including phenoxy) is 2. The lowest BCUT2D eigenvalue weighted by molar-refractivity contribution is -0.277. The molecule has 4 N–H and O–H groups in total. The molecule has 0 saturated carbocycles. The van der Waals surface area contributed by atoms with E-state index < -0.39 is 42.9 Å². The van der Waals surface area contributed by atoms with Crippen molar-refractivity contribution in [3.05, 3.63) is 39.7 Å². The van der Waals surface area contributed by atoms with Gasteiger partial charge in [0.05, 0.1) is 6.61 Å². The number of rotatable bonds is 4. The molecule has 0 spiro atoms. The quantitative estimate of drug-likeness (QED) is 0.550. The molecule has 8 heteroatoms. The summed E-state index contributed by atoms with van der Waals surface area (Å²) in [7, 11) is 0. The van der Waals surface area contributed by atoms with Gasteiger partial charge in [-0.25, -0.2) is 4.79 Å². The molecule has 1 aliphatic heterocycles.